The highest BCUT2D eigenvalue weighted by atomic mass is 16.4. The number of carboxylic acids is 1. The highest BCUT2D eigenvalue weighted by Crippen LogP contribution is 2.54. The van der Waals surface area contributed by atoms with Crippen molar-refractivity contribution in [2.45, 2.75) is 72.1 Å². The van der Waals surface area contributed by atoms with E-state index in [0.29, 0.717) is 36.8 Å². The number of rotatable bonds is 4. The van der Waals surface area contributed by atoms with Gasteiger partial charge in [-0.15, -0.1) is 0 Å². The summed E-state index contributed by atoms with van der Waals surface area (Å²) in [6, 6.07) is 8.36. The molecule has 5 rings (SSSR count). The van der Waals surface area contributed by atoms with E-state index < -0.39 is 11.9 Å². The second-order valence-corrected chi connectivity index (χ2v) is 12.3. The van der Waals surface area contributed by atoms with E-state index in [1.807, 2.05) is 0 Å². The molecular formula is C29H36N2O4. The minimum absolute atomic E-state index is 0.0319. The van der Waals surface area contributed by atoms with Crippen LogP contribution in [0, 0.1) is 10.8 Å². The average Bonchev–Trinajstić information content (AvgIpc) is 3.28. The summed E-state index contributed by atoms with van der Waals surface area (Å²) < 4.78 is 0. The Kier molecular flexibility index (Phi) is 5.69. The number of hydrogen-bond donors (Lipinski definition) is 1. The molecule has 1 aromatic rings. The lowest BCUT2D eigenvalue weighted by atomic mass is 9.63. The molecule has 0 amide bonds. The van der Waals surface area contributed by atoms with Crippen molar-refractivity contribution in [3.05, 3.63) is 52.4 Å². The molecule has 6 heteroatoms. The van der Waals surface area contributed by atoms with E-state index in [-0.39, 0.29) is 28.9 Å². The van der Waals surface area contributed by atoms with Crippen LogP contribution in [-0.4, -0.2) is 47.2 Å². The second-order valence-electron chi connectivity index (χ2n) is 12.3. The van der Waals surface area contributed by atoms with E-state index in [2.05, 4.69) is 56.9 Å². The van der Waals surface area contributed by atoms with Crippen LogP contribution in [-0.2, 0) is 14.4 Å². The number of hydrogen-bond acceptors (Lipinski definition) is 5. The van der Waals surface area contributed by atoms with E-state index in [9.17, 15) is 19.5 Å². The molecule has 186 valence electrons. The summed E-state index contributed by atoms with van der Waals surface area (Å²) in [7, 11) is 0. The van der Waals surface area contributed by atoms with E-state index in [1.165, 1.54) is 18.5 Å². The van der Waals surface area contributed by atoms with Crippen LogP contribution in [0.5, 0.6) is 0 Å². The Morgan fingerprint density at radius 3 is 1.80 bits per heavy atom. The zero-order valence-corrected chi connectivity index (χ0v) is 21.3. The van der Waals surface area contributed by atoms with Gasteiger partial charge in [0.05, 0.1) is 0 Å². The van der Waals surface area contributed by atoms with E-state index in [1.54, 1.807) is 4.90 Å². The molecule has 1 saturated heterocycles. The molecule has 4 aliphatic rings. The molecule has 0 unspecified atom stereocenters. The van der Waals surface area contributed by atoms with Crippen LogP contribution in [0.2, 0.25) is 0 Å². The van der Waals surface area contributed by atoms with Crippen LogP contribution in [0.4, 0.5) is 5.69 Å². The molecule has 1 aromatic carbocycles. The minimum Gasteiger partial charge on any atom is -0.480 e. The van der Waals surface area contributed by atoms with Gasteiger partial charge >= 0.3 is 5.97 Å². The Balaban J connectivity index is 1.68. The summed E-state index contributed by atoms with van der Waals surface area (Å²) in [5.41, 5.74) is 4.46. The molecule has 0 bridgehead atoms. The molecule has 1 N–H and O–H groups in total. The first-order valence-electron chi connectivity index (χ1n) is 12.8. The molecule has 6 nitrogen and oxygen atoms in total. The average molecular weight is 477 g/mol. The molecule has 1 fully saturated rings. The number of aliphatic carboxylic acids is 1. The van der Waals surface area contributed by atoms with Crippen LogP contribution in [0.1, 0.15) is 77.7 Å². The Morgan fingerprint density at radius 1 is 0.857 bits per heavy atom. The van der Waals surface area contributed by atoms with Gasteiger partial charge in [0.15, 0.2) is 11.6 Å². The third kappa shape index (κ3) is 4.32. The van der Waals surface area contributed by atoms with Gasteiger partial charge in [-0.1, -0.05) is 39.8 Å². The Hall–Kier alpha value is -2.89. The molecule has 0 saturated carbocycles. The molecule has 0 atom stereocenters. The first-order chi connectivity index (χ1) is 16.5. The number of anilines is 1. The highest BCUT2D eigenvalue weighted by molar-refractivity contribution is 6.07. The summed E-state index contributed by atoms with van der Waals surface area (Å²) in [6.45, 7) is 10.1. The maximum Gasteiger partial charge on any atom is 0.323 e. The van der Waals surface area contributed by atoms with Crippen molar-refractivity contribution in [2.24, 2.45) is 10.8 Å². The fourth-order valence-electron chi connectivity index (χ4n) is 6.56. The Morgan fingerprint density at radius 2 is 1.34 bits per heavy atom. The topological polar surface area (TPSA) is 77.9 Å². The lowest BCUT2D eigenvalue weighted by molar-refractivity contribution is -0.138. The third-order valence-electron chi connectivity index (χ3n) is 8.01. The first kappa shape index (κ1) is 23.8. The van der Waals surface area contributed by atoms with Gasteiger partial charge in [-0.25, -0.2) is 0 Å². The number of carbonyl (C=O) groups excluding carboxylic acids is 2. The monoisotopic (exact) mass is 476 g/mol. The van der Waals surface area contributed by atoms with Gasteiger partial charge in [0.1, 0.15) is 6.54 Å². The minimum atomic E-state index is -0.955. The summed E-state index contributed by atoms with van der Waals surface area (Å²) in [6.07, 6.45) is 4.44. The van der Waals surface area contributed by atoms with Crippen molar-refractivity contribution >= 4 is 23.2 Å². The van der Waals surface area contributed by atoms with Crippen molar-refractivity contribution in [3.63, 3.8) is 0 Å². The van der Waals surface area contributed by atoms with Crippen molar-refractivity contribution in [3.8, 4) is 0 Å². The molecule has 35 heavy (non-hydrogen) atoms. The lowest BCUT2D eigenvalue weighted by Crippen LogP contribution is -2.45. The number of allylic oxidation sites excluding steroid dienone is 4. The largest absolute Gasteiger partial charge is 0.480 e. The normalized spacial score (nSPS) is 24.1. The molecular weight excluding hydrogens is 440 g/mol. The fraction of sp³-hybridized carbons (Fsp3) is 0.552. The standard InChI is InChI=1S/C29H36N2O4/c1-28(2)13-20-26(22(32)15-28)25(18-7-9-19(10-8-18)30-11-5-6-12-30)27-21(31(20)17-24(34)35)14-29(3,4)16-23(27)33/h7-10,25H,5-6,11-17H2,1-4H3,(H,34,35). The predicted molar refractivity (Wildman–Crippen MR) is 135 cm³/mol. The predicted octanol–water partition coefficient (Wildman–Crippen LogP) is 5.06. The zero-order valence-electron chi connectivity index (χ0n) is 21.3. The fourth-order valence-corrected chi connectivity index (χ4v) is 6.56. The molecule has 2 aliphatic heterocycles. The van der Waals surface area contributed by atoms with Crippen LogP contribution in [0.3, 0.4) is 0 Å². The van der Waals surface area contributed by atoms with E-state index in [0.717, 1.165) is 30.0 Å². The Labute approximate surface area is 207 Å². The maximum absolute atomic E-state index is 13.7. The van der Waals surface area contributed by atoms with Gasteiger partial charge in [0.25, 0.3) is 0 Å². The van der Waals surface area contributed by atoms with Gasteiger partial charge in [0, 0.05) is 60.1 Å². The third-order valence-corrected chi connectivity index (χ3v) is 8.01. The molecule has 0 spiro atoms. The number of carbonyl (C=O) groups is 3. The first-order valence-corrected chi connectivity index (χ1v) is 12.8. The van der Waals surface area contributed by atoms with Gasteiger partial charge in [0.2, 0.25) is 0 Å². The number of Topliss-reactive ketones (excluding diaryl/α,β-unsaturated/α-hetero) is 2. The van der Waals surface area contributed by atoms with Crippen LogP contribution >= 0.6 is 0 Å². The number of ketones is 2. The van der Waals surface area contributed by atoms with Crippen molar-refractivity contribution in [1.29, 1.82) is 0 Å². The summed E-state index contributed by atoms with van der Waals surface area (Å²) in [5.74, 6) is -1.32. The van der Waals surface area contributed by atoms with Gasteiger partial charge < -0.3 is 14.9 Å². The highest BCUT2D eigenvalue weighted by Gasteiger charge is 2.49. The lowest BCUT2D eigenvalue weighted by Gasteiger charge is -2.48. The zero-order chi connectivity index (χ0) is 25.1. The quantitative estimate of drug-likeness (QED) is 0.655. The van der Waals surface area contributed by atoms with Crippen LogP contribution in [0.15, 0.2) is 46.8 Å². The molecule has 0 aromatic heterocycles. The smallest absolute Gasteiger partial charge is 0.323 e. The number of nitrogens with zero attached hydrogens (tertiary/aromatic N) is 2. The Bertz CT molecular complexity index is 1100. The van der Waals surface area contributed by atoms with Gasteiger partial charge in [-0.3, -0.25) is 14.4 Å². The summed E-state index contributed by atoms with van der Waals surface area (Å²) >= 11 is 0. The van der Waals surface area contributed by atoms with Gasteiger partial charge in [-0.2, -0.15) is 0 Å². The maximum atomic E-state index is 13.7. The molecule has 0 radical (unpaired) electrons. The summed E-state index contributed by atoms with van der Waals surface area (Å²) in [4.78, 5) is 43.5. The van der Waals surface area contributed by atoms with Crippen LogP contribution in [0.25, 0.3) is 0 Å². The van der Waals surface area contributed by atoms with E-state index in [4.69, 9.17) is 0 Å². The number of carboxylic acid groups (broad SMARTS) is 1. The SMILES string of the molecule is CC1(C)CC(=O)C2=C(C1)N(CC(=O)O)C1=C(C(=O)CC(C)(C)C1)C2c1ccc(N2CCCC2)cc1. The van der Waals surface area contributed by atoms with Crippen molar-refractivity contribution in [1.82, 2.24) is 4.90 Å². The molecule has 2 aliphatic carbocycles. The van der Waals surface area contributed by atoms with Crippen LogP contribution < -0.4 is 4.90 Å². The number of benzene rings is 1. The van der Waals surface area contributed by atoms with Gasteiger partial charge in [-0.05, 0) is 54.2 Å². The van der Waals surface area contributed by atoms with Crippen molar-refractivity contribution < 1.29 is 19.5 Å². The second kappa shape index (κ2) is 8.35. The summed E-state index contributed by atoms with van der Waals surface area (Å²) in [5, 5.41) is 9.79. The van der Waals surface area contributed by atoms with E-state index >= 15 is 0 Å². The molecule has 2 heterocycles. The van der Waals surface area contributed by atoms with Crippen molar-refractivity contribution in [2.75, 3.05) is 24.5 Å².